The molecule has 0 unspecified atom stereocenters. The molecular weight excluding hydrogens is 482 g/mol. The van der Waals surface area contributed by atoms with E-state index in [-0.39, 0.29) is 28.8 Å². The number of nitrogens with one attached hydrogen (secondary N) is 2. The van der Waals surface area contributed by atoms with Gasteiger partial charge in [0.05, 0.1) is 29.4 Å². The molecule has 0 saturated carbocycles. The molecule has 3 rings (SSSR count). The molecule has 10 nitrogen and oxygen atoms in total. The third-order valence-corrected chi connectivity index (χ3v) is 8.44. The summed E-state index contributed by atoms with van der Waals surface area (Å²) in [6, 6.07) is 11.8. The monoisotopic (exact) mass is 509 g/mol. The van der Waals surface area contributed by atoms with Gasteiger partial charge in [-0.2, -0.15) is 4.31 Å². The van der Waals surface area contributed by atoms with Crippen molar-refractivity contribution in [2.24, 2.45) is 5.92 Å². The second-order valence-corrected chi connectivity index (χ2v) is 11.9. The number of rotatable bonds is 8. The van der Waals surface area contributed by atoms with E-state index in [0.717, 1.165) is 6.26 Å². The van der Waals surface area contributed by atoms with Gasteiger partial charge in [0.2, 0.25) is 15.9 Å². The molecule has 0 aromatic heterocycles. The molecule has 1 aliphatic heterocycles. The number of sulfone groups is 1. The summed E-state index contributed by atoms with van der Waals surface area (Å²) >= 11 is 0. The van der Waals surface area contributed by atoms with E-state index < -0.39 is 31.7 Å². The molecule has 1 fully saturated rings. The number of hydrogen-bond acceptors (Lipinski definition) is 8. The highest BCUT2D eigenvalue weighted by molar-refractivity contribution is 7.90. The fourth-order valence-corrected chi connectivity index (χ4v) is 5.74. The van der Waals surface area contributed by atoms with Crippen LogP contribution in [0.15, 0.2) is 58.3 Å². The van der Waals surface area contributed by atoms with Crippen molar-refractivity contribution in [2.45, 2.75) is 22.6 Å². The number of hydrogen-bond donors (Lipinski definition) is 2. The summed E-state index contributed by atoms with van der Waals surface area (Å²) in [5.74, 6) is -1.24. The first-order chi connectivity index (χ1) is 16.0. The van der Waals surface area contributed by atoms with Gasteiger partial charge in [0.25, 0.3) is 0 Å². The first-order valence-corrected chi connectivity index (χ1v) is 13.9. The van der Waals surface area contributed by atoms with Gasteiger partial charge in [-0.25, -0.2) is 16.8 Å². The second-order valence-electron chi connectivity index (χ2n) is 7.95. The third kappa shape index (κ3) is 6.33. The van der Waals surface area contributed by atoms with Crippen molar-refractivity contribution in [3.8, 4) is 0 Å². The minimum atomic E-state index is -3.76. The Morgan fingerprint density at radius 3 is 2.15 bits per heavy atom. The minimum absolute atomic E-state index is 0.0765. The molecule has 12 heteroatoms. The Kier molecular flexibility index (Phi) is 7.95. The fourth-order valence-electron chi connectivity index (χ4n) is 3.59. The molecule has 34 heavy (non-hydrogen) atoms. The molecule has 1 saturated heterocycles. The zero-order valence-corrected chi connectivity index (χ0v) is 20.5. The number of amides is 1. The van der Waals surface area contributed by atoms with Crippen LogP contribution in [-0.2, 0) is 34.2 Å². The Morgan fingerprint density at radius 2 is 1.56 bits per heavy atom. The molecule has 2 aromatic carbocycles. The van der Waals surface area contributed by atoms with Gasteiger partial charge in [0, 0.05) is 30.7 Å². The lowest BCUT2D eigenvalue weighted by molar-refractivity contribution is -0.146. The summed E-state index contributed by atoms with van der Waals surface area (Å²) < 4.78 is 55.0. The average Bonchev–Trinajstić information content (AvgIpc) is 2.82. The molecule has 1 amide bonds. The minimum Gasteiger partial charge on any atom is -0.469 e. The molecule has 2 N–H and O–H groups in total. The number of esters is 1. The summed E-state index contributed by atoms with van der Waals surface area (Å²) in [4.78, 5) is 24.2. The van der Waals surface area contributed by atoms with E-state index >= 15 is 0 Å². The molecule has 1 heterocycles. The SMILES string of the molecule is COC(=O)[C@@H]1CCCN(S(=O)(=O)c2ccc(NCC(=O)Nc3ccc(S(C)(=O)=O)cc3)cc2)C1. The maximum Gasteiger partial charge on any atom is 0.309 e. The van der Waals surface area contributed by atoms with Crippen molar-refractivity contribution in [3.05, 3.63) is 48.5 Å². The number of ether oxygens (including phenoxy) is 1. The number of carbonyl (C=O) groups is 2. The number of piperidine rings is 1. The molecule has 2 aromatic rings. The highest BCUT2D eigenvalue weighted by Crippen LogP contribution is 2.25. The van der Waals surface area contributed by atoms with Gasteiger partial charge in [-0.15, -0.1) is 0 Å². The Labute approximate surface area is 199 Å². The lowest BCUT2D eigenvalue weighted by Crippen LogP contribution is -2.42. The van der Waals surface area contributed by atoms with Gasteiger partial charge in [-0.1, -0.05) is 0 Å². The molecule has 0 bridgehead atoms. The lowest BCUT2D eigenvalue weighted by Gasteiger charge is -2.30. The molecule has 1 aliphatic rings. The Balaban J connectivity index is 1.57. The van der Waals surface area contributed by atoms with Crippen LogP contribution in [0.1, 0.15) is 12.8 Å². The van der Waals surface area contributed by atoms with Crippen molar-refractivity contribution in [1.29, 1.82) is 0 Å². The van der Waals surface area contributed by atoms with Crippen molar-refractivity contribution >= 4 is 43.1 Å². The van der Waals surface area contributed by atoms with E-state index in [9.17, 15) is 26.4 Å². The van der Waals surface area contributed by atoms with Crippen molar-refractivity contribution in [1.82, 2.24) is 4.31 Å². The standard InChI is InChI=1S/C22H27N3O7S2/c1-32-22(27)16-4-3-13-25(15-16)34(30,31)20-11-5-17(6-12-20)23-14-21(26)24-18-7-9-19(10-8-18)33(2,28)29/h5-12,16,23H,3-4,13-15H2,1-2H3,(H,24,26)/t16-/m1/s1. The van der Waals surface area contributed by atoms with Gasteiger partial charge < -0.3 is 15.4 Å². The predicted molar refractivity (Wildman–Crippen MR) is 127 cm³/mol. The zero-order chi connectivity index (χ0) is 24.9. The summed E-state index contributed by atoms with van der Waals surface area (Å²) in [6.07, 6.45) is 2.27. The zero-order valence-electron chi connectivity index (χ0n) is 18.9. The van der Waals surface area contributed by atoms with Gasteiger partial charge in [-0.3, -0.25) is 9.59 Å². The molecule has 0 aliphatic carbocycles. The Hall–Kier alpha value is -2.96. The van der Waals surface area contributed by atoms with Crippen molar-refractivity contribution in [2.75, 3.05) is 43.6 Å². The van der Waals surface area contributed by atoms with E-state index in [1.165, 1.54) is 47.8 Å². The highest BCUT2D eigenvalue weighted by atomic mass is 32.2. The number of carbonyl (C=O) groups excluding carboxylic acids is 2. The topological polar surface area (TPSA) is 139 Å². The lowest BCUT2D eigenvalue weighted by atomic mass is 10.0. The van der Waals surface area contributed by atoms with Gasteiger partial charge in [0.15, 0.2) is 9.84 Å². The predicted octanol–water partition coefficient (Wildman–Crippen LogP) is 1.71. The molecule has 184 valence electrons. The van der Waals surface area contributed by atoms with Crippen LogP contribution in [0.2, 0.25) is 0 Å². The van der Waals surface area contributed by atoms with Gasteiger partial charge in [-0.05, 0) is 61.4 Å². The van der Waals surface area contributed by atoms with Crippen molar-refractivity contribution in [3.63, 3.8) is 0 Å². The van der Waals surface area contributed by atoms with Crippen LogP contribution in [0.5, 0.6) is 0 Å². The Bertz CT molecular complexity index is 1240. The second kappa shape index (κ2) is 10.5. The molecule has 0 radical (unpaired) electrons. The summed E-state index contributed by atoms with van der Waals surface area (Å²) in [5.41, 5.74) is 1.00. The normalized spacial score (nSPS) is 17.1. The largest absolute Gasteiger partial charge is 0.469 e. The van der Waals surface area contributed by atoms with E-state index in [1.807, 2.05) is 0 Å². The van der Waals surface area contributed by atoms with Crippen LogP contribution in [0.4, 0.5) is 11.4 Å². The molecule has 0 spiro atoms. The maximum absolute atomic E-state index is 13.0. The quantitative estimate of drug-likeness (QED) is 0.513. The van der Waals surface area contributed by atoms with Crippen LogP contribution in [-0.4, -0.2) is 66.0 Å². The molecule has 1 atom stereocenters. The fraction of sp³-hybridized carbons (Fsp3) is 0.364. The summed E-state index contributed by atoms with van der Waals surface area (Å²) in [6.45, 7) is 0.342. The van der Waals surface area contributed by atoms with Crippen LogP contribution >= 0.6 is 0 Å². The van der Waals surface area contributed by atoms with Gasteiger partial charge in [0.1, 0.15) is 0 Å². The van der Waals surface area contributed by atoms with E-state index in [2.05, 4.69) is 10.6 Å². The summed E-state index contributed by atoms with van der Waals surface area (Å²) in [7, 11) is -5.79. The maximum atomic E-state index is 13.0. The van der Waals surface area contributed by atoms with E-state index in [1.54, 1.807) is 12.1 Å². The first kappa shape index (κ1) is 25.7. The Morgan fingerprint density at radius 1 is 0.971 bits per heavy atom. The number of sulfonamides is 1. The van der Waals surface area contributed by atoms with Crippen LogP contribution < -0.4 is 10.6 Å². The smallest absolute Gasteiger partial charge is 0.309 e. The first-order valence-electron chi connectivity index (χ1n) is 10.5. The van der Waals surface area contributed by atoms with Crippen molar-refractivity contribution < 1.29 is 31.2 Å². The number of nitrogens with zero attached hydrogens (tertiary/aromatic N) is 1. The van der Waals surface area contributed by atoms with E-state index in [4.69, 9.17) is 4.74 Å². The molecular formula is C22H27N3O7S2. The number of benzene rings is 2. The average molecular weight is 510 g/mol. The van der Waals surface area contributed by atoms with Crippen LogP contribution in [0, 0.1) is 5.92 Å². The van der Waals surface area contributed by atoms with Gasteiger partial charge >= 0.3 is 5.97 Å². The highest BCUT2D eigenvalue weighted by Gasteiger charge is 2.33. The van der Waals surface area contributed by atoms with Crippen LogP contribution in [0.25, 0.3) is 0 Å². The third-order valence-electron chi connectivity index (χ3n) is 5.43. The van der Waals surface area contributed by atoms with E-state index in [0.29, 0.717) is 30.8 Å². The van der Waals surface area contributed by atoms with Crippen LogP contribution in [0.3, 0.4) is 0 Å². The summed E-state index contributed by atoms with van der Waals surface area (Å²) in [5, 5.41) is 5.56. The number of methoxy groups -OCH3 is 1. The number of anilines is 2.